The van der Waals surface area contributed by atoms with E-state index < -0.39 is 0 Å². The van der Waals surface area contributed by atoms with E-state index >= 15 is 0 Å². The molecule has 0 atom stereocenters. The van der Waals surface area contributed by atoms with Crippen LogP contribution in [0.2, 0.25) is 0 Å². The zero-order valence-electron chi connectivity index (χ0n) is 16.9. The molecule has 2 aromatic heterocycles. The van der Waals surface area contributed by atoms with Crippen LogP contribution in [0.3, 0.4) is 0 Å². The van der Waals surface area contributed by atoms with Crippen molar-refractivity contribution in [3.63, 3.8) is 0 Å². The van der Waals surface area contributed by atoms with Crippen molar-refractivity contribution in [1.29, 1.82) is 0 Å². The number of pyridine rings is 1. The average Bonchev–Trinajstić information content (AvgIpc) is 2.99. The molecule has 0 fully saturated rings. The quantitative estimate of drug-likeness (QED) is 0.438. The number of rotatable bonds is 3. The Morgan fingerprint density at radius 2 is 1.62 bits per heavy atom. The van der Waals surface area contributed by atoms with Gasteiger partial charge in [0, 0.05) is 36.9 Å². The molecule has 5 rings (SSSR count). The van der Waals surface area contributed by atoms with Crippen LogP contribution in [-0.2, 0) is 19.5 Å². The molecule has 2 aromatic carbocycles. The topological polar surface area (TPSA) is 21.1 Å². The highest BCUT2D eigenvalue weighted by Gasteiger charge is 2.22. The van der Waals surface area contributed by atoms with Gasteiger partial charge in [0.25, 0.3) is 0 Å². The van der Waals surface area contributed by atoms with Gasteiger partial charge in [-0.05, 0) is 42.5 Å². The van der Waals surface area contributed by atoms with Crippen molar-refractivity contribution < 1.29 is 0 Å². The van der Waals surface area contributed by atoms with Crippen LogP contribution >= 0.6 is 12.4 Å². The first-order chi connectivity index (χ1) is 13.7. The molecule has 148 valence electrons. The van der Waals surface area contributed by atoms with Gasteiger partial charge in [0.2, 0.25) is 0 Å². The van der Waals surface area contributed by atoms with Gasteiger partial charge in [-0.15, -0.1) is 12.4 Å². The van der Waals surface area contributed by atoms with Gasteiger partial charge in [0.15, 0.2) is 0 Å². The lowest BCUT2D eigenvalue weighted by atomic mass is 9.99. The molecular formula is C25H26ClN3. The lowest BCUT2D eigenvalue weighted by molar-refractivity contribution is 0.726. The number of aromatic nitrogens is 2. The molecule has 0 saturated carbocycles. The van der Waals surface area contributed by atoms with Gasteiger partial charge in [0.1, 0.15) is 0 Å². The summed E-state index contributed by atoms with van der Waals surface area (Å²) in [4.78, 5) is 7.11. The number of benzene rings is 2. The van der Waals surface area contributed by atoms with Crippen LogP contribution in [0.15, 0.2) is 67.0 Å². The highest BCUT2D eigenvalue weighted by atomic mass is 35.5. The SMILES string of the molecule is Cc1c(C)n(Cc2ccccc2)c2c(N3CCc4ccccc4C3)cncc12.Cl. The summed E-state index contributed by atoms with van der Waals surface area (Å²) >= 11 is 0. The van der Waals surface area contributed by atoms with E-state index in [2.05, 4.69) is 89.1 Å². The number of hydrogen-bond acceptors (Lipinski definition) is 2. The number of aryl methyl sites for hydroxylation is 1. The highest BCUT2D eigenvalue weighted by molar-refractivity contribution is 5.94. The van der Waals surface area contributed by atoms with Gasteiger partial charge < -0.3 is 9.47 Å². The van der Waals surface area contributed by atoms with Crippen molar-refractivity contribution in [2.75, 3.05) is 11.4 Å². The second kappa shape index (κ2) is 7.92. The van der Waals surface area contributed by atoms with Crippen LogP contribution < -0.4 is 4.90 Å². The largest absolute Gasteiger partial charge is 0.364 e. The smallest absolute Gasteiger partial charge is 0.0803 e. The monoisotopic (exact) mass is 403 g/mol. The number of hydrogen-bond donors (Lipinski definition) is 0. The van der Waals surface area contributed by atoms with Crippen LogP contribution in [-0.4, -0.2) is 16.1 Å². The van der Waals surface area contributed by atoms with E-state index in [1.165, 1.54) is 44.5 Å². The Hall–Kier alpha value is -2.78. The lowest BCUT2D eigenvalue weighted by Crippen LogP contribution is -2.30. The Morgan fingerprint density at radius 3 is 2.41 bits per heavy atom. The molecule has 0 radical (unpaired) electrons. The summed E-state index contributed by atoms with van der Waals surface area (Å²) in [6.07, 6.45) is 5.17. The summed E-state index contributed by atoms with van der Waals surface area (Å²) in [5.74, 6) is 0. The number of fused-ring (bicyclic) bond motifs is 2. The summed E-state index contributed by atoms with van der Waals surface area (Å²) < 4.78 is 2.47. The van der Waals surface area contributed by atoms with Crippen molar-refractivity contribution in [2.45, 2.75) is 33.4 Å². The van der Waals surface area contributed by atoms with E-state index in [-0.39, 0.29) is 12.4 Å². The second-order valence-electron chi connectivity index (χ2n) is 7.78. The first-order valence-corrected chi connectivity index (χ1v) is 10.0. The van der Waals surface area contributed by atoms with Crippen LogP contribution in [0.1, 0.15) is 27.9 Å². The third-order valence-electron chi connectivity index (χ3n) is 6.17. The van der Waals surface area contributed by atoms with Gasteiger partial charge in [-0.1, -0.05) is 54.6 Å². The highest BCUT2D eigenvalue weighted by Crippen LogP contribution is 2.35. The van der Waals surface area contributed by atoms with Crippen LogP contribution in [0.4, 0.5) is 5.69 Å². The molecule has 29 heavy (non-hydrogen) atoms. The van der Waals surface area contributed by atoms with E-state index in [1.807, 2.05) is 6.20 Å². The molecule has 1 aliphatic heterocycles. The van der Waals surface area contributed by atoms with Gasteiger partial charge >= 0.3 is 0 Å². The molecule has 0 saturated heterocycles. The molecule has 0 N–H and O–H groups in total. The average molecular weight is 404 g/mol. The minimum atomic E-state index is 0. The fourth-order valence-electron chi connectivity index (χ4n) is 4.46. The molecule has 1 aliphatic rings. The summed E-state index contributed by atoms with van der Waals surface area (Å²) in [6.45, 7) is 7.32. The molecule has 0 amide bonds. The van der Waals surface area contributed by atoms with E-state index in [4.69, 9.17) is 0 Å². The van der Waals surface area contributed by atoms with Gasteiger partial charge in [-0.2, -0.15) is 0 Å². The molecule has 3 heterocycles. The van der Waals surface area contributed by atoms with Crippen LogP contribution in [0.5, 0.6) is 0 Å². The van der Waals surface area contributed by atoms with Crippen LogP contribution in [0.25, 0.3) is 10.9 Å². The number of nitrogens with zero attached hydrogens (tertiary/aromatic N) is 3. The molecule has 3 nitrogen and oxygen atoms in total. The number of halogens is 1. The third-order valence-corrected chi connectivity index (χ3v) is 6.17. The van der Waals surface area contributed by atoms with Crippen molar-refractivity contribution in [3.8, 4) is 0 Å². The summed E-state index contributed by atoms with van der Waals surface area (Å²) in [6, 6.07) is 19.5. The predicted molar refractivity (Wildman–Crippen MR) is 123 cm³/mol. The van der Waals surface area contributed by atoms with Gasteiger partial charge in [0.05, 0.1) is 17.4 Å². The first kappa shape index (κ1) is 19.5. The maximum atomic E-state index is 4.61. The summed E-state index contributed by atoms with van der Waals surface area (Å²) in [5.41, 5.74) is 9.45. The second-order valence-corrected chi connectivity index (χ2v) is 7.78. The molecule has 0 aliphatic carbocycles. The molecule has 0 bridgehead atoms. The Bertz CT molecular complexity index is 1150. The first-order valence-electron chi connectivity index (χ1n) is 10.0. The van der Waals surface area contributed by atoms with Crippen molar-refractivity contribution in [3.05, 3.63) is 94.9 Å². The normalized spacial score (nSPS) is 13.2. The van der Waals surface area contributed by atoms with E-state index in [0.29, 0.717) is 0 Å². The van der Waals surface area contributed by atoms with E-state index in [1.54, 1.807) is 0 Å². The molecule has 0 spiro atoms. The van der Waals surface area contributed by atoms with Crippen molar-refractivity contribution >= 4 is 29.0 Å². The third kappa shape index (κ3) is 3.40. The zero-order chi connectivity index (χ0) is 19.1. The Labute approximate surface area is 178 Å². The minimum Gasteiger partial charge on any atom is -0.364 e. The lowest BCUT2D eigenvalue weighted by Gasteiger charge is -2.31. The fraction of sp³-hybridized carbons (Fsp3) is 0.240. The predicted octanol–water partition coefficient (Wildman–Crippen LogP) is 5.69. The Morgan fingerprint density at radius 1 is 0.897 bits per heavy atom. The number of anilines is 1. The Balaban J connectivity index is 0.00000205. The maximum absolute atomic E-state index is 4.61. The van der Waals surface area contributed by atoms with Gasteiger partial charge in [-0.3, -0.25) is 4.98 Å². The maximum Gasteiger partial charge on any atom is 0.0803 e. The molecule has 4 heteroatoms. The fourth-order valence-corrected chi connectivity index (χ4v) is 4.46. The molecule has 4 aromatic rings. The van der Waals surface area contributed by atoms with Gasteiger partial charge in [-0.25, -0.2) is 0 Å². The zero-order valence-corrected chi connectivity index (χ0v) is 17.7. The van der Waals surface area contributed by atoms with Crippen LogP contribution in [0, 0.1) is 13.8 Å². The van der Waals surface area contributed by atoms with Crippen molar-refractivity contribution in [1.82, 2.24) is 9.55 Å². The van der Waals surface area contributed by atoms with E-state index in [9.17, 15) is 0 Å². The standard InChI is InChI=1S/C25H25N3.ClH/c1-18-19(2)28(16-20-8-4-3-5-9-20)25-23(18)14-26-15-24(25)27-13-12-21-10-6-7-11-22(21)17-27;/h3-11,14-15H,12-13,16-17H2,1-2H3;1H. The minimum absolute atomic E-state index is 0. The summed E-state index contributed by atoms with van der Waals surface area (Å²) in [7, 11) is 0. The molecular weight excluding hydrogens is 378 g/mol. The van der Waals surface area contributed by atoms with E-state index in [0.717, 1.165) is 26.1 Å². The Kier molecular flexibility index (Phi) is 5.33. The van der Waals surface area contributed by atoms with Crippen molar-refractivity contribution in [2.24, 2.45) is 0 Å². The summed E-state index contributed by atoms with van der Waals surface area (Å²) in [5, 5.41) is 1.27. The molecule has 0 unspecified atom stereocenters.